The van der Waals surface area contributed by atoms with Crippen LogP contribution in [0.25, 0.3) is 0 Å². The van der Waals surface area contributed by atoms with Gasteiger partial charge in [0, 0.05) is 24.8 Å². The zero-order chi connectivity index (χ0) is 11.5. The zero-order valence-corrected chi connectivity index (χ0v) is 10.1. The average molecular weight is 229 g/mol. The Balaban J connectivity index is 2.59. The third-order valence-electron chi connectivity index (χ3n) is 1.93. The highest BCUT2D eigenvalue weighted by molar-refractivity contribution is 6.30. The molecule has 84 valence electrons. The Morgan fingerprint density at radius 2 is 2.20 bits per heavy atom. The maximum absolute atomic E-state index is 9.65. The van der Waals surface area contributed by atoms with Crippen LogP contribution in [0, 0.1) is 0 Å². The fourth-order valence-electron chi connectivity index (χ4n) is 1.54. The molecule has 0 aliphatic carbocycles. The summed E-state index contributed by atoms with van der Waals surface area (Å²) in [5, 5.41) is 10.2. The van der Waals surface area contributed by atoms with Crippen molar-refractivity contribution in [2.45, 2.75) is 26.0 Å². The number of pyridine rings is 1. The third-order valence-corrected chi connectivity index (χ3v) is 2.27. The largest absolute Gasteiger partial charge is 0.389 e. The van der Waals surface area contributed by atoms with Gasteiger partial charge in [-0.05, 0) is 27.0 Å². The molecule has 4 heteroatoms. The smallest absolute Gasteiger partial charge is 0.133 e. The molecule has 0 spiro atoms. The lowest BCUT2D eigenvalue weighted by atomic mass is 10.1. The number of nitrogens with zero attached hydrogens (tertiary/aromatic N) is 2. The van der Waals surface area contributed by atoms with Crippen LogP contribution in [0.1, 0.15) is 19.4 Å². The summed E-state index contributed by atoms with van der Waals surface area (Å²) < 4.78 is 0. The molecule has 0 amide bonds. The van der Waals surface area contributed by atoms with Crippen LogP contribution < -0.4 is 0 Å². The Labute approximate surface area is 95.7 Å². The highest BCUT2D eigenvalue weighted by atomic mass is 35.5. The standard InChI is InChI=1S/C11H17ClN2O/c1-11(2,15)8-14(3)7-9-5-4-6-13-10(9)12/h4-6,15H,7-8H2,1-3H3. The van der Waals surface area contributed by atoms with Crippen LogP contribution >= 0.6 is 11.6 Å². The Morgan fingerprint density at radius 1 is 1.53 bits per heavy atom. The number of aromatic nitrogens is 1. The van der Waals surface area contributed by atoms with Gasteiger partial charge in [-0.2, -0.15) is 0 Å². The average Bonchev–Trinajstić information content (AvgIpc) is 2.05. The first-order valence-electron chi connectivity index (χ1n) is 4.89. The van der Waals surface area contributed by atoms with Gasteiger partial charge in [0.2, 0.25) is 0 Å². The molecule has 1 rings (SSSR count). The van der Waals surface area contributed by atoms with Gasteiger partial charge in [0.15, 0.2) is 0 Å². The molecule has 0 saturated heterocycles. The summed E-state index contributed by atoms with van der Waals surface area (Å²) in [6, 6.07) is 3.80. The first-order valence-corrected chi connectivity index (χ1v) is 5.26. The van der Waals surface area contributed by atoms with E-state index < -0.39 is 5.60 Å². The van der Waals surface area contributed by atoms with Crippen molar-refractivity contribution in [3.05, 3.63) is 29.0 Å². The normalized spacial score (nSPS) is 12.1. The Kier molecular flexibility index (Phi) is 4.08. The number of aliphatic hydroxyl groups is 1. The predicted octanol–water partition coefficient (Wildman–Crippen LogP) is 1.94. The van der Waals surface area contributed by atoms with E-state index in [4.69, 9.17) is 11.6 Å². The van der Waals surface area contributed by atoms with Crippen LogP contribution in [0.2, 0.25) is 5.15 Å². The molecule has 15 heavy (non-hydrogen) atoms. The van der Waals surface area contributed by atoms with Gasteiger partial charge in [-0.15, -0.1) is 0 Å². The van der Waals surface area contributed by atoms with E-state index in [2.05, 4.69) is 4.98 Å². The zero-order valence-electron chi connectivity index (χ0n) is 9.37. The molecule has 0 aliphatic rings. The lowest BCUT2D eigenvalue weighted by molar-refractivity contribution is 0.0424. The third kappa shape index (κ3) is 4.60. The van der Waals surface area contributed by atoms with Gasteiger partial charge < -0.3 is 5.11 Å². The molecule has 0 aromatic carbocycles. The van der Waals surface area contributed by atoms with Crippen molar-refractivity contribution in [3.63, 3.8) is 0 Å². The van der Waals surface area contributed by atoms with Gasteiger partial charge >= 0.3 is 0 Å². The van der Waals surface area contributed by atoms with Crippen molar-refractivity contribution < 1.29 is 5.11 Å². The molecule has 0 aliphatic heterocycles. The summed E-state index contributed by atoms with van der Waals surface area (Å²) in [4.78, 5) is 6.02. The fraction of sp³-hybridized carbons (Fsp3) is 0.545. The monoisotopic (exact) mass is 228 g/mol. The van der Waals surface area contributed by atoms with E-state index in [1.807, 2.05) is 24.1 Å². The van der Waals surface area contributed by atoms with Crippen LogP contribution in [0.5, 0.6) is 0 Å². The van der Waals surface area contributed by atoms with E-state index in [9.17, 15) is 5.11 Å². The molecule has 0 unspecified atom stereocenters. The maximum atomic E-state index is 9.65. The number of hydrogen-bond donors (Lipinski definition) is 1. The van der Waals surface area contributed by atoms with Gasteiger partial charge in [0.25, 0.3) is 0 Å². The second-order valence-electron chi connectivity index (χ2n) is 4.44. The highest BCUT2D eigenvalue weighted by Gasteiger charge is 2.16. The highest BCUT2D eigenvalue weighted by Crippen LogP contribution is 2.14. The van der Waals surface area contributed by atoms with E-state index >= 15 is 0 Å². The SMILES string of the molecule is CN(Cc1cccnc1Cl)CC(C)(C)O. The number of hydrogen-bond acceptors (Lipinski definition) is 3. The number of likely N-dealkylation sites (N-methyl/N-ethyl adjacent to an activating group) is 1. The Bertz CT molecular complexity index is 323. The van der Waals surface area contributed by atoms with Crippen LogP contribution in [0.3, 0.4) is 0 Å². The minimum absolute atomic E-state index is 0.528. The van der Waals surface area contributed by atoms with Crippen molar-refractivity contribution >= 4 is 11.6 Å². The first-order chi connectivity index (χ1) is 6.88. The topological polar surface area (TPSA) is 36.4 Å². The Morgan fingerprint density at radius 3 is 2.73 bits per heavy atom. The lowest BCUT2D eigenvalue weighted by Gasteiger charge is -2.25. The summed E-state index contributed by atoms with van der Waals surface area (Å²) in [5.74, 6) is 0. The molecule has 0 bridgehead atoms. The number of rotatable bonds is 4. The summed E-state index contributed by atoms with van der Waals surface area (Å²) in [6.45, 7) is 4.86. The van der Waals surface area contributed by atoms with Gasteiger partial charge in [-0.1, -0.05) is 17.7 Å². The van der Waals surface area contributed by atoms with E-state index in [1.165, 1.54) is 0 Å². The van der Waals surface area contributed by atoms with Crippen molar-refractivity contribution in [3.8, 4) is 0 Å². The molecule has 0 fully saturated rings. The predicted molar refractivity (Wildman–Crippen MR) is 61.9 cm³/mol. The second kappa shape index (κ2) is 4.92. The Hall–Kier alpha value is -0.640. The van der Waals surface area contributed by atoms with Crippen molar-refractivity contribution in [1.82, 2.24) is 9.88 Å². The van der Waals surface area contributed by atoms with Gasteiger partial charge in [-0.25, -0.2) is 4.98 Å². The second-order valence-corrected chi connectivity index (χ2v) is 4.80. The van der Waals surface area contributed by atoms with E-state index in [1.54, 1.807) is 20.0 Å². The summed E-state index contributed by atoms with van der Waals surface area (Å²) >= 11 is 5.94. The number of halogens is 1. The van der Waals surface area contributed by atoms with Crippen LogP contribution in [-0.4, -0.2) is 34.2 Å². The lowest BCUT2D eigenvalue weighted by Crippen LogP contribution is -2.35. The molecule has 1 aromatic rings. The van der Waals surface area contributed by atoms with Crippen LogP contribution in [0.4, 0.5) is 0 Å². The van der Waals surface area contributed by atoms with Crippen LogP contribution in [0.15, 0.2) is 18.3 Å². The molecule has 0 radical (unpaired) electrons. The molecule has 0 atom stereocenters. The molecular formula is C11H17ClN2O. The fourth-order valence-corrected chi connectivity index (χ4v) is 1.72. The summed E-state index contributed by atoms with van der Waals surface area (Å²) in [6.07, 6.45) is 1.67. The van der Waals surface area contributed by atoms with Gasteiger partial charge in [0.1, 0.15) is 5.15 Å². The summed E-state index contributed by atoms with van der Waals surface area (Å²) in [5.41, 5.74) is 0.287. The minimum Gasteiger partial charge on any atom is -0.389 e. The molecular weight excluding hydrogens is 212 g/mol. The maximum Gasteiger partial charge on any atom is 0.133 e. The van der Waals surface area contributed by atoms with E-state index in [0.717, 1.165) is 5.56 Å². The van der Waals surface area contributed by atoms with Crippen LogP contribution in [-0.2, 0) is 6.54 Å². The van der Waals surface area contributed by atoms with Crippen molar-refractivity contribution in [1.29, 1.82) is 0 Å². The van der Waals surface area contributed by atoms with E-state index in [0.29, 0.717) is 18.2 Å². The summed E-state index contributed by atoms with van der Waals surface area (Å²) in [7, 11) is 1.95. The van der Waals surface area contributed by atoms with Gasteiger partial charge in [0.05, 0.1) is 5.60 Å². The van der Waals surface area contributed by atoms with Crippen molar-refractivity contribution in [2.24, 2.45) is 0 Å². The molecule has 1 heterocycles. The quantitative estimate of drug-likeness (QED) is 0.801. The van der Waals surface area contributed by atoms with Crippen molar-refractivity contribution in [2.75, 3.05) is 13.6 Å². The molecule has 3 nitrogen and oxygen atoms in total. The van der Waals surface area contributed by atoms with Gasteiger partial charge in [-0.3, -0.25) is 4.90 Å². The molecule has 0 saturated carbocycles. The molecule has 1 N–H and O–H groups in total. The minimum atomic E-state index is -0.691. The van der Waals surface area contributed by atoms with E-state index in [-0.39, 0.29) is 0 Å². The molecule has 1 aromatic heterocycles. The first kappa shape index (κ1) is 12.4.